The van der Waals surface area contributed by atoms with Crippen LogP contribution in [0.4, 0.5) is 22.7 Å². The number of esters is 1. The van der Waals surface area contributed by atoms with Crippen molar-refractivity contribution in [3.8, 4) is 0 Å². The van der Waals surface area contributed by atoms with Gasteiger partial charge in [0.2, 0.25) is 0 Å². The summed E-state index contributed by atoms with van der Waals surface area (Å²) in [6.45, 7) is 2.97. The van der Waals surface area contributed by atoms with Crippen LogP contribution in [-0.4, -0.2) is 28.3 Å². The van der Waals surface area contributed by atoms with Gasteiger partial charge in [0, 0.05) is 18.7 Å². The molecule has 0 aromatic heterocycles. The Morgan fingerprint density at radius 3 is 2.26 bits per heavy atom. The van der Waals surface area contributed by atoms with Gasteiger partial charge >= 0.3 is 5.97 Å². The highest BCUT2D eigenvalue weighted by Gasteiger charge is 2.22. The number of carbonyl (C=O) groups is 2. The fraction of sp³-hybridized carbons (Fsp3) is 0.167. The van der Waals surface area contributed by atoms with E-state index in [4.69, 9.17) is 4.74 Å². The molecule has 0 heterocycles. The molecule has 3 rings (SSSR count). The number of nitro groups is 2. The Morgan fingerprint density at radius 1 is 0.914 bits per heavy atom. The number of aryl methyl sites for hydroxylation is 1. The zero-order valence-corrected chi connectivity index (χ0v) is 18.9. The quantitative estimate of drug-likeness (QED) is 0.258. The molecule has 0 spiro atoms. The monoisotopic (exact) mass is 478 g/mol. The van der Waals surface area contributed by atoms with Crippen molar-refractivity contribution in [2.75, 3.05) is 17.2 Å². The fourth-order valence-corrected chi connectivity index (χ4v) is 3.25. The average molecular weight is 478 g/mol. The van der Waals surface area contributed by atoms with Crippen molar-refractivity contribution in [2.24, 2.45) is 0 Å². The zero-order valence-electron chi connectivity index (χ0n) is 18.9. The number of benzene rings is 3. The second-order valence-electron chi connectivity index (χ2n) is 7.61. The Balaban J connectivity index is 1.67. The number of nitrogens with one attached hydrogen (secondary N) is 2. The van der Waals surface area contributed by atoms with Gasteiger partial charge in [0.15, 0.2) is 6.61 Å². The van der Waals surface area contributed by atoms with Crippen LogP contribution in [0.2, 0.25) is 0 Å². The van der Waals surface area contributed by atoms with E-state index in [1.807, 2.05) is 30.3 Å². The largest absolute Gasteiger partial charge is 0.452 e. The van der Waals surface area contributed by atoms with Crippen molar-refractivity contribution in [1.82, 2.24) is 0 Å². The van der Waals surface area contributed by atoms with Gasteiger partial charge in [-0.05, 0) is 42.7 Å². The lowest BCUT2D eigenvalue weighted by Gasteiger charge is -2.12. The molecule has 0 aliphatic heterocycles. The Labute approximate surface area is 200 Å². The lowest BCUT2D eigenvalue weighted by atomic mass is 10.1. The lowest BCUT2D eigenvalue weighted by molar-refractivity contribution is -0.384. The minimum absolute atomic E-state index is 0.0144. The number of rotatable bonds is 9. The number of hydrogen-bond acceptors (Lipinski definition) is 8. The molecular formula is C24H22N4O7. The third kappa shape index (κ3) is 6.16. The second kappa shape index (κ2) is 10.9. The molecule has 0 radical (unpaired) electrons. The molecule has 0 aliphatic rings. The highest BCUT2D eigenvalue weighted by atomic mass is 16.6. The smallest absolute Gasteiger partial charge is 0.338 e. The average Bonchev–Trinajstić information content (AvgIpc) is 2.84. The minimum Gasteiger partial charge on any atom is -0.452 e. The molecule has 0 saturated heterocycles. The van der Waals surface area contributed by atoms with Crippen LogP contribution < -0.4 is 10.6 Å². The lowest BCUT2D eigenvalue weighted by Crippen LogP contribution is -2.22. The van der Waals surface area contributed by atoms with E-state index in [0.717, 1.165) is 17.2 Å². The van der Waals surface area contributed by atoms with Gasteiger partial charge in [0.25, 0.3) is 17.3 Å². The predicted octanol–water partition coefficient (Wildman–Crippen LogP) is 4.53. The van der Waals surface area contributed by atoms with Gasteiger partial charge < -0.3 is 15.4 Å². The molecule has 0 atom stereocenters. The van der Waals surface area contributed by atoms with E-state index in [2.05, 4.69) is 10.6 Å². The molecule has 3 aromatic carbocycles. The number of carbonyl (C=O) groups excluding carboxylic acids is 2. The Hall–Kier alpha value is -4.80. The van der Waals surface area contributed by atoms with Gasteiger partial charge in [-0.1, -0.05) is 36.4 Å². The molecule has 35 heavy (non-hydrogen) atoms. The molecule has 0 saturated carbocycles. The maximum absolute atomic E-state index is 12.4. The van der Waals surface area contributed by atoms with Crippen LogP contribution in [0.25, 0.3) is 0 Å². The number of nitro benzene ring substituents is 2. The summed E-state index contributed by atoms with van der Waals surface area (Å²) in [7, 11) is 0. The van der Waals surface area contributed by atoms with Crippen molar-refractivity contribution in [3.05, 3.63) is 103 Å². The van der Waals surface area contributed by atoms with E-state index in [1.165, 1.54) is 18.2 Å². The number of hydrogen-bond donors (Lipinski definition) is 2. The van der Waals surface area contributed by atoms with Crippen LogP contribution in [0.5, 0.6) is 0 Å². The number of ether oxygens (including phenoxy) is 1. The molecule has 180 valence electrons. The maximum Gasteiger partial charge on any atom is 0.338 e. The summed E-state index contributed by atoms with van der Waals surface area (Å²) in [5.41, 5.74) is 1.65. The van der Waals surface area contributed by atoms with E-state index in [-0.39, 0.29) is 28.3 Å². The summed E-state index contributed by atoms with van der Waals surface area (Å²) in [6, 6.07) is 15.9. The van der Waals surface area contributed by atoms with Gasteiger partial charge in [-0.2, -0.15) is 0 Å². The topological polar surface area (TPSA) is 154 Å². The Bertz CT molecular complexity index is 1290. The molecule has 0 unspecified atom stereocenters. The predicted molar refractivity (Wildman–Crippen MR) is 128 cm³/mol. The van der Waals surface area contributed by atoms with Crippen molar-refractivity contribution in [2.45, 2.75) is 20.4 Å². The molecule has 11 nitrogen and oxygen atoms in total. The third-order valence-electron chi connectivity index (χ3n) is 5.27. The SMILES string of the molecule is Cc1ccc([N+](=O)[O-])c(NC(=O)COC(=O)c2ccc(NCc3ccccc3)c([N+](=O)[O-])c2)c1C. The normalized spacial score (nSPS) is 10.3. The molecule has 0 fully saturated rings. The number of amides is 1. The standard InChI is InChI=1S/C24H22N4O7/c1-15-8-11-20(27(31)32)23(16(15)2)26-22(29)14-35-24(30)18-9-10-19(21(12-18)28(33)34)25-13-17-6-4-3-5-7-17/h3-12,25H,13-14H2,1-2H3,(H,26,29). The van der Waals surface area contributed by atoms with Crippen LogP contribution in [0.15, 0.2) is 60.7 Å². The molecular weight excluding hydrogens is 456 g/mol. The van der Waals surface area contributed by atoms with E-state index < -0.39 is 28.3 Å². The molecule has 0 aliphatic carbocycles. The Kier molecular flexibility index (Phi) is 7.72. The molecule has 3 aromatic rings. The van der Waals surface area contributed by atoms with Gasteiger partial charge in [-0.25, -0.2) is 4.79 Å². The zero-order chi connectivity index (χ0) is 25.5. The van der Waals surface area contributed by atoms with Crippen LogP contribution in [0, 0.1) is 34.1 Å². The van der Waals surface area contributed by atoms with Crippen LogP contribution >= 0.6 is 0 Å². The third-order valence-corrected chi connectivity index (χ3v) is 5.27. The fourth-order valence-electron chi connectivity index (χ4n) is 3.25. The summed E-state index contributed by atoms with van der Waals surface area (Å²) >= 11 is 0. The molecule has 2 N–H and O–H groups in total. The summed E-state index contributed by atoms with van der Waals surface area (Å²) in [5, 5.41) is 28.2. The van der Waals surface area contributed by atoms with Crippen LogP contribution in [0.1, 0.15) is 27.0 Å². The molecule has 11 heteroatoms. The summed E-state index contributed by atoms with van der Waals surface area (Å²) in [4.78, 5) is 46.2. The van der Waals surface area contributed by atoms with Gasteiger partial charge in [-0.3, -0.25) is 25.0 Å². The molecule has 0 bridgehead atoms. The van der Waals surface area contributed by atoms with E-state index in [0.29, 0.717) is 12.1 Å². The number of nitrogens with zero attached hydrogens (tertiary/aromatic N) is 2. The first-order valence-corrected chi connectivity index (χ1v) is 10.4. The van der Waals surface area contributed by atoms with E-state index in [1.54, 1.807) is 19.9 Å². The van der Waals surface area contributed by atoms with Crippen LogP contribution in [0.3, 0.4) is 0 Å². The first-order valence-electron chi connectivity index (χ1n) is 10.4. The van der Waals surface area contributed by atoms with Crippen molar-refractivity contribution in [1.29, 1.82) is 0 Å². The van der Waals surface area contributed by atoms with Gasteiger partial charge in [0.05, 0.1) is 15.4 Å². The minimum atomic E-state index is -0.951. The van der Waals surface area contributed by atoms with Crippen LogP contribution in [-0.2, 0) is 16.1 Å². The van der Waals surface area contributed by atoms with Crippen molar-refractivity contribution in [3.63, 3.8) is 0 Å². The summed E-state index contributed by atoms with van der Waals surface area (Å²) in [5.74, 6) is -1.74. The van der Waals surface area contributed by atoms with E-state index in [9.17, 15) is 29.8 Å². The first kappa shape index (κ1) is 24.8. The highest BCUT2D eigenvalue weighted by molar-refractivity contribution is 5.98. The summed E-state index contributed by atoms with van der Waals surface area (Å²) < 4.78 is 4.97. The second-order valence-corrected chi connectivity index (χ2v) is 7.61. The van der Waals surface area contributed by atoms with Gasteiger partial charge in [-0.15, -0.1) is 0 Å². The van der Waals surface area contributed by atoms with Gasteiger partial charge in [0.1, 0.15) is 11.4 Å². The highest BCUT2D eigenvalue weighted by Crippen LogP contribution is 2.30. The first-order chi connectivity index (χ1) is 16.7. The van der Waals surface area contributed by atoms with E-state index >= 15 is 0 Å². The van der Waals surface area contributed by atoms with Crippen molar-refractivity contribution < 1.29 is 24.2 Å². The number of anilines is 2. The molecule has 1 amide bonds. The van der Waals surface area contributed by atoms with Crippen molar-refractivity contribution >= 4 is 34.6 Å². The summed E-state index contributed by atoms with van der Waals surface area (Å²) in [6.07, 6.45) is 0. The maximum atomic E-state index is 12.4. The Morgan fingerprint density at radius 2 is 1.60 bits per heavy atom.